The minimum Gasteiger partial charge on any atom is -0.493 e. The molecule has 0 aliphatic rings. The zero-order chi connectivity index (χ0) is 13.5. The molecule has 0 heterocycles. The molecule has 0 bridgehead atoms. The van der Waals surface area contributed by atoms with E-state index in [1.165, 1.54) is 5.56 Å². The predicted octanol–water partition coefficient (Wildman–Crippen LogP) is 3.11. The summed E-state index contributed by atoms with van der Waals surface area (Å²) in [5.74, 6) is 2.60. The lowest BCUT2D eigenvalue weighted by Crippen LogP contribution is -2.19. The minimum atomic E-state index is 0.331. The summed E-state index contributed by atoms with van der Waals surface area (Å²) in [5.41, 5.74) is 1.23. The molecule has 1 N–H and O–H groups in total. The Balaban J connectivity index is 2.85. The van der Waals surface area contributed by atoms with Crippen LogP contribution in [-0.2, 0) is 0 Å². The molecule has 0 fully saturated rings. The first-order valence-electron chi connectivity index (χ1n) is 6.13. The minimum absolute atomic E-state index is 0.331. The van der Waals surface area contributed by atoms with E-state index < -0.39 is 0 Å². The molecule has 1 aromatic rings. The molecule has 1 rings (SSSR count). The molecule has 4 heteroatoms. The third-order valence-corrected chi connectivity index (χ3v) is 3.95. The maximum atomic E-state index is 5.34. The molecular formula is C14H23NO2S. The van der Waals surface area contributed by atoms with E-state index >= 15 is 0 Å². The second-order valence-corrected chi connectivity index (χ2v) is 5.95. The predicted molar refractivity (Wildman–Crippen MR) is 78.9 cm³/mol. The highest BCUT2D eigenvalue weighted by Gasteiger charge is 2.13. The van der Waals surface area contributed by atoms with Crippen LogP contribution in [0.3, 0.4) is 0 Å². The lowest BCUT2D eigenvalue weighted by Gasteiger charge is -2.19. The molecule has 1 aromatic carbocycles. The van der Waals surface area contributed by atoms with Gasteiger partial charge in [0.05, 0.1) is 14.2 Å². The van der Waals surface area contributed by atoms with E-state index in [2.05, 4.69) is 25.2 Å². The average Bonchev–Trinajstić information content (AvgIpc) is 2.38. The van der Waals surface area contributed by atoms with Crippen LogP contribution in [0.1, 0.15) is 25.5 Å². The summed E-state index contributed by atoms with van der Waals surface area (Å²) in [5, 5.41) is 3.99. The molecular weight excluding hydrogens is 246 g/mol. The van der Waals surface area contributed by atoms with Gasteiger partial charge in [0.2, 0.25) is 0 Å². The Hall–Kier alpha value is -0.870. The summed E-state index contributed by atoms with van der Waals surface area (Å²) >= 11 is 1.95. The molecule has 102 valence electrons. The van der Waals surface area contributed by atoms with E-state index in [1.54, 1.807) is 14.2 Å². The summed E-state index contributed by atoms with van der Waals surface area (Å²) < 4.78 is 10.6. The molecule has 18 heavy (non-hydrogen) atoms. The van der Waals surface area contributed by atoms with Crippen LogP contribution >= 0.6 is 11.8 Å². The summed E-state index contributed by atoms with van der Waals surface area (Å²) in [6, 6.07) is 6.42. The Morgan fingerprint density at radius 2 is 1.83 bits per heavy atom. The van der Waals surface area contributed by atoms with Crippen LogP contribution in [0.2, 0.25) is 0 Å². The van der Waals surface area contributed by atoms with Crippen molar-refractivity contribution in [2.45, 2.75) is 25.1 Å². The van der Waals surface area contributed by atoms with Crippen molar-refractivity contribution in [3.63, 3.8) is 0 Å². The Morgan fingerprint density at radius 3 is 2.33 bits per heavy atom. The fourth-order valence-corrected chi connectivity index (χ4v) is 2.64. The van der Waals surface area contributed by atoms with E-state index in [-0.39, 0.29) is 0 Å². The van der Waals surface area contributed by atoms with Crippen molar-refractivity contribution in [2.24, 2.45) is 0 Å². The molecule has 0 saturated heterocycles. The van der Waals surface area contributed by atoms with Crippen LogP contribution in [0.25, 0.3) is 0 Å². The average molecular weight is 269 g/mol. The van der Waals surface area contributed by atoms with Crippen molar-refractivity contribution in [1.82, 2.24) is 5.32 Å². The highest BCUT2D eigenvalue weighted by molar-refractivity contribution is 7.99. The van der Waals surface area contributed by atoms with Gasteiger partial charge >= 0.3 is 0 Å². The number of hydrogen-bond acceptors (Lipinski definition) is 4. The first-order chi connectivity index (χ1) is 8.62. The number of rotatable bonds is 7. The molecule has 0 amide bonds. The lowest BCUT2D eigenvalue weighted by atomic mass is 10.1. The Kier molecular flexibility index (Phi) is 6.36. The summed E-state index contributed by atoms with van der Waals surface area (Å²) in [7, 11) is 5.31. The van der Waals surface area contributed by atoms with Gasteiger partial charge in [-0.2, -0.15) is 11.8 Å². The Bertz CT molecular complexity index is 369. The van der Waals surface area contributed by atoms with Crippen molar-refractivity contribution < 1.29 is 9.47 Å². The van der Waals surface area contributed by atoms with Gasteiger partial charge in [0, 0.05) is 11.8 Å². The third-order valence-electron chi connectivity index (χ3n) is 2.75. The maximum absolute atomic E-state index is 5.34. The van der Waals surface area contributed by atoms with Gasteiger partial charge in [0.25, 0.3) is 0 Å². The summed E-state index contributed by atoms with van der Waals surface area (Å²) in [4.78, 5) is 0. The van der Waals surface area contributed by atoms with Gasteiger partial charge in [-0.1, -0.05) is 19.9 Å². The van der Waals surface area contributed by atoms with Gasteiger partial charge in [-0.25, -0.2) is 0 Å². The molecule has 0 aliphatic heterocycles. The number of thioether (sulfide) groups is 1. The normalized spacial score (nSPS) is 12.6. The standard InChI is InChI=1S/C14H23NO2S/c1-10(2)18-9-12(15-3)11-6-7-13(16-4)14(8-11)17-5/h6-8,10,12,15H,9H2,1-5H3. The number of hydrogen-bond donors (Lipinski definition) is 1. The fourth-order valence-electron chi connectivity index (χ4n) is 1.70. The second-order valence-electron chi connectivity index (χ2n) is 4.34. The second kappa shape index (κ2) is 7.54. The van der Waals surface area contributed by atoms with Gasteiger partial charge in [0.15, 0.2) is 11.5 Å². The third kappa shape index (κ3) is 4.10. The van der Waals surface area contributed by atoms with Crippen LogP contribution in [-0.4, -0.2) is 32.3 Å². The van der Waals surface area contributed by atoms with Gasteiger partial charge in [0.1, 0.15) is 0 Å². The van der Waals surface area contributed by atoms with Crippen LogP contribution in [0, 0.1) is 0 Å². The van der Waals surface area contributed by atoms with Crippen LogP contribution in [0.15, 0.2) is 18.2 Å². The molecule has 1 unspecified atom stereocenters. The van der Waals surface area contributed by atoms with E-state index in [0.29, 0.717) is 11.3 Å². The molecule has 3 nitrogen and oxygen atoms in total. The van der Waals surface area contributed by atoms with Crippen LogP contribution in [0.4, 0.5) is 0 Å². The molecule has 0 spiro atoms. The van der Waals surface area contributed by atoms with E-state index in [4.69, 9.17) is 9.47 Å². The number of methoxy groups -OCH3 is 2. The highest BCUT2D eigenvalue weighted by Crippen LogP contribution is 2.31. The first kappa shape index (κ1) is 15.2. The van der Waals surface area contributed by atoms with Gasteiger partial charge in [-0.05, 0) is 30.0 Å². The molecule has 0 aromatic heterocycles. The quantitative estimate of drug-likeness (QED) is 0.824. The van der Waals surface area contributed by atoms with Crippen molar-refractivity contribution in [1.29, 1.82) is 0 Å². The zero-order valence-electron chi connectivity index (χ0n) is 11.8. The van der Waals surface area contributed by atoms with Crippen molar-refractivity contribution in [3.05, 3.63) is 23.8 Å². The molecule has 0 saturated carbocycles. The number of nitrogens with one attached hydrogen (secondary N) is 1. The zero-order valence-corrected chi connectivity index (χ0v) is 12.6. The summed E-state index contributed by atoms with van der Waals surface area (Å²) in [6.45, 7) is 4.43. The largest absolute Gasteiger partial charge is 0.493 e. The smallest absolute Gasteiger partial charge is 0.161 e. The number of ether oxygens (including phenoxy) is 2. The highest BCUT2D eigenvalue weighted by atomic mass is 32.2. The Morgan fingerprint density at radius 1 is 1.17 bits per heavy atom. The lowest BCUT2D eigenvalue weighted by molar-refractivity contribution is 0.354. The van der Waals surface area contributed by atoms with Gasteiger partial charge in [-0.15, -0.1) is 0 Å². The Labute approximate surface area is 114 Å². The SMILES string of the molecule is CNC(CSC(C)C)c1ccc(OC)c(OC)c1. The molecule has 0 radical (unpaired) electrons. The van der Waals surface area contributed by atoms with Crippen molar-refractivity contribution in [2.75, 3.05) is 27.0 Å². The first-order valence-corrected chi connectivity index (χ1v) is 7.18. The summed E-state index contributed by atoms with van der Waals surface area (Å²) in [6.07, 6.45) is 0. The van der Waals surface area contributed by atoms with Crippen LogP contribution < -0.4 is 14.8 Å². The number of benzene rings is 1. The van der Waals surface area contributed by atoms with E-state index in [1.807, 2.05) is 30.9 Å². The topological polar surface area (TPSA) is 30.5 Å². The van der Waals surface area contributed by atoms with Crippen molar-refractivity contribution >= 4 is 11.8 Å². The monoisotopic (exact) mass is 269 g/mol. The molecule has 1 atom stereocenters. The van der Waals surface area contributed by atoms with E-state index in [9.17, 15) is 0 Å². The van der Waals surface area contributed by atoms with Gasteiger partial charge < -0.3 is 14.8 Å². The fraction of sp³-hybridized carbons (Fsp3) is 0.571. The van der Waals surface area contributed by atoms with Gasteiger partial charge in [-0.3, -0.25) is 0 Å². The maximum Gasteiger partial charge on any atom is 0.161 e. The van der Waals surface area contributed by atoms with Crippen molar-refractivity contribution in [3.8, 4) is 11.5 Å². The molecule has 0 aliphatic carbocycles. The van der Waals surface area contributed by atoms with Crippen LogP contribution in [0.5, 0.6) is 11.5 Å². The van der Waals surface area contributed by atoms with E-state index in [0.717, 1.165) is 17.3 Å².